The fraction of sp³-hybridized carbons (Fsp3) is 0.312. The van der Waals surface area contributed by atoms with Crippen molar-refractivity contribution in [2.75, 3.05) is 38.6 Å². The molecule has 3 aliphatic carbocycles. The van der Waals surface area contributed by atoms with E-state index in [1.807, 2.05) is 0 Å². The number of aliphatic hydroxyl groups is 6. The number of fused-ring (bicyclic) bond motifs is 3. The van der Waals surface area contributed by atoms with Crippen molar-refractivity contribution in [2.45, 2.75) is 144 Å². The van der Waals surface area contributed by atoms with Gasteiger partial charge in [0.15, 0.2) is 46.7 Å². The number of hydrogen-bond acceptors (Lipinski definition) is 21. The lowest BCUT2D eigenvalue weighted by atomic mass is 9.85. The first kappa shape index (κ1) is 98.1. The number of sulfone groups is 3. The molecule has 3 aliphatic heterocycles. The maximum absolute atomic E-state index is 16.7. The van der Waals surface area contributed by atoms with Gasteiger partial charge in [-0.1, -0.05) is 124 Å². The van der Waals surface area contributed by atoms with Crippen molar-refractivity contribution in [3.8, 4) is 0 Å². The summed E-state index contributed by atoms with van der Waals surface area (Å²) in [6, 6.07) is 39.5. The summed E-state index contributed by atoms with van der Waals surface area (Å²) in [6.07, 6.45) is 14.9. The Labute approximate surface area is 805 Å². The first-order chi connectivity index (χ1) is 63.1. The number of carbonyl (C=O) groups is 3. The summed E-state index contributed by atoms with van der Waals surface area (Å²) in [5, 5.41) is 81.2. The van der Waals surface area contributed by atoms with Crippen LogP contribution >= 0.6 is 69.6 Å². The predicted octanol–water partition coefficient (Wildman–Crippen LogP) is 14.8. The molecule has 6 aliphatic rings. The average molecular weight is 2020 g/mol. The zero-order chi connectivity index (χ0) is 97.6. The van der Waals surface area contributed by atoms with Crippen LogP contribution in [-0.2, 0) is 118 Å². The number of halogens is 9. The largest absolute Gasteiger partial charge is 0.387 e. The number of ether oxygens (including phenoxy) is 3. The van der Waals surface area contributed by atoms with E-state index in [2.05, 4.69) is 15.3 Å². The third-order valence-electron chi connectivity index (χ3n) is 25.5. The quantitative estimate of drug-likeness (QED) is 0.0278. The summed E-state index contributed by atoms with van der Waals surface area (Å²) in [7, 11) is -6.41. The van der Waals surface area contributed by atoms with Crippen LogP contribution in [0.4, 0.5) is 13.2 Å². The van der Waals surface area contributed by atoms with E-state index in [-0.39, 0.29) is 136 Å². The fourth-order valence-electron chi connectivity index (χ4n) is 17.3. The van der Waals surface area contributed by atoms with Gasteiger partial charge in [0, 0.05) is 122 Å². The van der Waals surface area contributed by atoms with Gasteiger partial charge in [-0.3, -0.25) is 43.1 Å². The summed E-state index contributed by atoms with van der Waals surface area (Å²) in [4.78, 5) is 47.0. The number of hydrogen-bond donors (Lipinski definition) is 6. The van der Waals surface area contributed by atoms with E-state index in [0.717, 1.165) is 37.0 Å². The highest BCUT2D eigenvalue weighted by molar-refractivity contribution is 7.91. The number of aromatic nitrogens is 6. The number of amides is 3. The van der Waals surface area contributed by atoms with E-state index in [4.69, 9.17) is 83.8 Å². The van der Waals surface area contributed by atoms with Crippen molar-refractivity contribution in [1.29, 1.82) is 0 Å². The average Bonchev–Trinajstić information content (AvgIpc) is 1.55. The smallest absolute Gasteiger partial charge is 0.257 e. The molecule has 9 aromatic carbocycles. The monoisotopic (exact) mass is 2020 g/mol. The highest BCUT2D eigenvalue weighted by Gasteiger charge is 2.61. The molecule has 12 aromatic rings. The molecule has 6 N–H and O–H groups in total. The summed E-state index contributed by atoms with van der Waals surface area (Å²) in [5.74, 6) is -4.58. The minimum Gasteiger partial charge on any atom is -0.387 e. The molecule has 39 heteroatoms. The second kappa shape index (κ2) is 35.5. The fourth-order valence-corrected chi connectivity index (χ4v) is 21.2. The Kier molecular flexibility index (Phi) is 25.8. The van der Waals surface area contributed by atoms with Crippen molar-refractivity contribution in [3.63, 3.8) is 0 Å². The van der Waals surface area contributed by atoms with Crippen molar-refractivity contribution < 1.29 is 97.7 Å². The molecule has 3 aromatic heterocycles. The molecule has 3 saturated carbocycles. The SMILES string of the molecule is Cn1cc(C(C)(O)c2cc(F)c3c(c2)C(=O)N(Cc2ccc(Cl)cc2S(C)(=O)=O)[C@@]3(OCC2(O)CC2)c2ccc(Cl)cc2)cn1.Cn1cc([C@@](C)(O)c2cc(F)c3c(c2)C(=O)N(Cc2ccc(Cl)cc2S(C)(=O)=O)[C@@]3(OCC2(O)CC2)c2ccc(Cl)cc2)cn1.Cn1cc([C@](C)(O)c2cc(F)c3c(c2)C(=O)N(Cc2ccc(Cl)cc2S(C)(=O)=O)[C@@]3(OCC2(O)CC2)c2ccc(Cl)cc2)cn1. The minimum atomic E-state index is -3.81. The molecule has 3 amide bonds. The minimum absolute atomic E-state index is 0.0936. The summed E-state index contributed by atoms with van der Waals surface area (Å²) >= 11 is 37.1. The highest BCUT2D eigenvalue weighted by Crippen LogP contribution is 2.56. The first-order valence-corrected chi connectivity index (χ1v) is 50.1. The molecule has 135 heavy (non-hydrogen) atoms. The molecule has 0 saturated heterocycles. The van der Waals surface area contributed by atoms with Crippen LogP contribution in [0.25, 0.3) is 0 Å². The van der Waals surface area contributed by atoms with Gasteiger partial charge in [-0.15, -0.1) is 0 Å². The Bertz CT molecular complexity index is 6500. The van der Waals surface area contributed by atoms with Crippen LogP contribution in [0.3, 0.4) is 0 Å². The van der Waals surface area contributed by atoms with Crippen LogP contribution in [0, 0.1) is 17.5 Å². The lowest BCUT2D eigenvalue weighted by Crippen LogP contribution is -2.48. The molecule has 27 nitrogen and oxygen atoms in total. The first-order valence-electron chi connectivity index (χ1n) is 42.1. The van der Waals surface area contributed by atoms with Crippen molar-refractivity contribution in [2.24, 2.45) is 21.1 Å². The van der Waals surface area contributed by atoms with Crippen LogP contribution < -0.4 is 0 Å². The summed E-state index contributed by atoms with van der Waals surface area (Å²) < 4.78 is 151. The number of nitrogens with zero attached hydrogens (tertiary/aromatic N) is 9. The normalized spacial score (nSPS) is 20.3. The molecule has 1 unspecified atom stereocenters. The Morgan fingerprint density at radius 2 is 0.578 bits per heavy atom. The number of benzene rings is 9. The number of rotatable bonds is 27. The Hall–Kier alpha value is -9.96. The predicted molar refractivity (Wildman–Crippen MR) is 495 cm³/mol. The van der Waals surface area contributed by atoms with Gasteiger partial charge < -0.3 is 44.8 Å². The van der Waals surface area contributed by atoms with Gasteiger partial charge in [0.2, 0.25) is 0 Å². The van der Waals surface area contributed by atoms with Gasteiger partial charge in [-0.05, 0) is 202 Å². The molecule has 18 rings (SSSR count). The van der Waals surface area contributed by atoms with E-state index < -0.39 is 115 Å². The zero-order valence-electron chi connectivity index (χ0n) is 73.8. The van der Waals surface area contributed by atoms with Crippen LogP contribution in [0.2, 0.25) is 30.1 Å². The van der Waals surface area contributed by atoms with E-state index in [9.17, 15) is 70.3 Å². The Balaban J connectivity index is 0.000000147. The highest BCUT2D eigenvalue weighted by atomic mass is 35.5. The van der Waals surface area contributed by atoms with Gasteiger partial charge in [-0.2, -0.15) is 15.3 Å². The standard InChI is InChI=1S/3C32H30Cl2FN3O6S/c3*1-30(40,22-15-36-37(2)17-22)21-12-25-28(26(35)13-21)32(44-18-31(41)10-11-31,20-5-8-23(33)9-6-20)38(29(25)39)16-19-4-7-24(34)14-27(19)45(3,42)43/h3*4-9,12-15,17,40-41H,10-11,16,18H2,1-3H3/t30?,32-;30-,32+;30-,32-/m101/s1. The number of aryl methyl sites for hydroxylation is 3. The summed E-state index contributed by atoms with van der Waals surface area (Å²) in [6.45, 7) is 2.69. The maximum atomic E-state index is 16.7. The molecular weight excluding hydrogens is 1930 g/mol. The van der Waals surface area contributed by atoms with Gasteiger partial charge in [0.05, 0.1) is 123 Å². The second-order valence-electron chi connectivity index (χ2n) is 35.8. The third-order valence-corrected chi connectivity index (χ3v) is 30.4. The van der Waals surface area contributed by atoms with E-state index in [0.29, 0.717) is 87.0 Å². The molecule has 6 atom stereocenters. The molecule has 3 fully saturated rings. The maximum Gasteiger partial charge on any atom is 0.257 e. The van der Waals surface area contributed by atoms with E-state index in [1.54, 1.807) is 113 Å². The van der Waals surface area contributed by atoms with Crippen LogP contribution in [0.5, 0.6) is 0 Å². The van der Waals surface area contributed by atoms with Crippen LogP contribution in [0.15, 0.2) is 216 Å². The van der Waals surface area contributed by atoms with Gasteiger partial charge in [0.1, 0.15) is 34.3 Å². The molecule has 0 bridgehead atoms. The molecule has 6 heterocycles. The number of carbonyl (C=O) groups excluding carboxylic acids is 3. The van der Waals surface area contributed by atoms with Crippen LogP contribution in [0.1, 0.15) is 174 Å². The van der Waals surface area contributed by atoms with Crippen LogP contribution in [-0.4, -0.2) is 173 Å². The molecule has 708 valence electrons. The van der Waals surface area contributed by atoms with Gasteiger partial charge >= 0.3 is 0 Å². The van der Waals surface area contributed by atoms with Crippen molar-refractivity contribution >= 4 is 117 Å². The lowest BCUT2D eigenvalue weighted by molar-refractivity contribution is -0.139. The van der Waals surface area contributed by atoms with E-state index in [1.165, 1.54) is 141 Å². The molecular formula is C96H90Cl6F3N9O18S3. The molecule has 0 spiro atoms. The van der Waals surface area contributed by atoms with Gasteiger partial charge in [0.25, 0.3) is 17.7 Å². The lowest BCUT2D eigenvalue weighted by Gasteiger charge is -2.40. The van der Waals surface area contributed by atoms with E-state index >= 15 is 13.2 Å². The third kappa shape index (κ3) is 18.7. The van der Waals surface area contributed by atoms with Crippen molar-refractivity contribution in [1.82, 2.24) is 44.0 Å². The topological polar surface area (TPSA) is 366 Å². The summed E-state index contributed by atoms with van der Waals surface area (Å²) in [5.41, 5.74) is -12.2. The second-order valence-corrected chi connectivity index (χ2v) is 44.4. The van der Waals surface area contributed by atoms with Crippen molar-refractivity contribution in [3.05, 3.63) is 349 Å². The Morgan fingerprint density at radius 1 is 0.356 bits per heavy atom. The van der Waals surface area contributed by atoms with Gasteiger partial charge in [-0.25, -0.2) is 38.4 Å². The Morgan fingerprint density at radius 3 is 0.778 bits per heavy atom. The zero-order valence-corrected chi connectivity index (χ0v) is 80.8. The molecule has 0 radical (unpaired) electrons.